The van der Waals surface area contributed by atoms with Gasteiger partial charge in [0.25, 0.3) is 5.91 Å². The molecule has 3 aromatic rings. The Kier molecular flexibility index (Phi) is 6.79. The second kappa shape index (κ2) is 9.48. The molecule has 0 aliphatic rings. The summed E-state index contributed by atoms with van der Waals surface area (Å²) >= 11 is 0. The van der Waals surface area contributed by atoms with Crippen molar-refractivity contribution >= 4 is 29.1 Å². The molecule has 138 valence electrons. The Morgan fingerprint density at radius 2 is 1.15 bits per heavy atom. The molecule has 0 atom stereocenters. The molecule has 0 aromatic heterocycles. The fourth-order valence-electron chi connectivity index (χ4n) is 3.44. The lowest BCUT2D eigenvalue weighted by Crippen LogP contribution is -2.39. The second-order valence-electron chi connectivity index (χ2n) is 6.68. The van der Waals surface area contributed by atoms with E-state index in [1.807, 2.05) is 18.2 Å². The molecule has 2 nitrogen and oxygen atoms in total. The van der Waals surface area contributed by atoms with E-state index in [9.17, 15) is 4.79 Å². The summed E-state index contributed by atoms with van der Waals surface area (Å²) in [5, 5.41) is 6.87. The van der Waals surface area contributed by atoms with Crippen LogP contribution < -0.4 is 21.2 Å². The van der Waals surface area contributed by atoms with Gasteiger partial charge in [-0.3, -0.25) is 4.79 Å². The summed E-state index contributed by atoms with van der Waals surface area (Å²) < 4.78 is 0. The highest BCUT2D eigenvalue weighted by Gasteiger charge is 2.47. The third-order valence-electron chi connectivity index (χ3n) is 4.82. The number of amides is 1. The van der Waals surface area contributed by atoms with Crippen LogP contribution in [0.1, 0.15) is 19.8 Å². The van der Waals surface area contributed by atoms with Crippen molar-refractivity contribution in [3.8, 4) is 0 Å². The van der Waals surface area contributed by atoms with Gasteiger partial charge in [0, 0.05) is 6.54 Å². The number of hydrogen-bond donors (Lipinski definition) is 1. The molecule has 0 bridgehead atoms. The Morgan fingerprint density at radius 1 is 0.741 bits per heavy atom. The van der Waals surface area contributed by atoms with Gasteiger partial charge < -0.3 is 5.32 Å². The molecule has 0 saturated carbocycles. The van der Waals surface area contributed by atoms with Crippen molar-refractivity contribution in [3.05, 3.63) is 91.0 Å². The first-order chi connectivity index (χ1) is 13.3. The van der Waals surface area contributed by atoms with Crippen molar-refractivity contribution in [2.75, 3.05) is 12.7 Å². The molecule has 0 fully saturated rings. The number of carbonyl (C=O) groups excluding carboxylic acids is 1. The standard InChI is InChI=1S/C24H26NOP/c1-2-3-19-25-24(26)20-27(21-13-7-4-8-14-21,22-15-9-5-10-16-22)23-17-11-6-12-18-23/h4-18H,2-3,19-20H2,1H3/p+1. The maximum atomic E-state index is 13.0. The second-order valence-corrected chi connectivity index (χ2v) is 10.2. The SMILES string of the molecule is CCCCNC(=O)C[P+](c1ccccc1)(c1ccccc1)c1ccccc1. The monoisotopic (exact) mass is 376 g/mol. The number of benzene rings is 3. The lowest BCUT2D eigenvalue weighted by molar-refractivity contribution is -0.118. The molecule has 0 aliphatic carbocycles. The van der Waals surface area contributed by atoms with Crippen molar-refractivity contribution in [3.63, 3.8) is 0 Å². The first kappa shape index (κ1) is 19.3. The van der Waals surface area contributed by atoms with Crippen molar-refractivity contribution in [1.82, 2.24) is 5.32 Å². The fourth-order valence-corrected chi connectivity index (χ4v) is 7.47. The lowest BCUT2D eigenvalue weighted by Gasteiger charge is -2.27. The Labute approximate surface area is 163 Å². The summed E-state index contributed by atoms with van der Waals surface area (Å²) in [7, 11) is -2.07. The van der Waals surface area contributed by atoms with Crippen LogP contribution in [0.3, 0.4) is 0 Å². The molecule has 27 heavy (non-hydrogen) atoms. The van der Waals surface area contributed by atoms with Gasteiger partial charge in [-0.1, -0.05) is 67.9 Å². The molecule has 0 spiro atoms. The zero-order valence-electron chi connectivity index (χ0n) is 15.8. The predicted molar refractivity (Wildman–Crippen MR) is 118 cm³/mol. The maximum Gasteiger partial charge on any atom is 0.258 e. The molecule has 3 rings (SSSR count). The van der Waals surface area contributed by atoms with Gasteiger partial charge in [0.15, 0.2) is 6.16 Å². The van der Waals surface area contributed by atoms with E-state index < -0.39 is 7.26 Å². The minimum Gasteiger partial charge on any atom is -0.353 e. The van der Waals surface area contributed by atoms with E-state index in [1.54, 1.807) is 0 Å². The van der Waals surface area contributed by atoms with Gasteiger partial charge in [-0.05, 0) is 42.8 Å². The summed E-state index contributed by atoms with van der Waals surface area (Å²) in [6, 6.07) is 31.6. The third kappa shape index (κ3) is 4.46. The van der Waals surface area contributed by atoms with Gasteiger partial charge in [0.2, 0.25) is 0 Å². The van der Waals surface area contributed by atoms with Gasteiger partial charge in [0.1, 0.15) is 23.2 Å². The van der Waals surface area contributed by atoms with Crippen LogP contribution in [0.2, 0.25) is 0 Å². The zero-order valence-corrected chi connectivity index (χ0v) is 16.7. The van der Waals surface area contributed by atoms with Crippen LogP contribution in [0.5, 0.6) is 0 Å². The number of carbonyl (C=O) groups is 1. The molecule has 0 unspecified atom stereocenters. The highest BCUT2D eigenvalue weighted by Crippen LogP contribution is 2.54. The summed E-state index contributed by atoms with van der Waals surface area (Å²) in [5.41, 5.74) is 0. The minimum atomic E-state index is -2.07. The van der Waals surface area contributed by atoms with Crippen LogP contribution in [0, 0.1) is 0 Å². The van der Waals surface area contributed by atoms with Gasteiger partial charge in [-0.15, -0.1) is 0 Å². The molecule has 1 amide bonds. The quantitative estimate of drug-likeness (QED) is 0.469. The van der Waals surface area contributed by atoms with E-state index >= 15 is 0 Å². The number of unbranched alkanes of at least 4 members (excludes halogenated alkanes) is 1. The number of nitrogens with one attached hydrogen (secondary N) is 1. The molecule has 0 heterocycles. The average Bonchev–Trinajstić information content (AvgIpc) is 2.74. The molecule has 1 N–H and O–H groups in total. The average molecular weight is 376 g/mol. The van der Waals surface area contributed by atoms with Crippen molar-refractivity contribution < 1.29 is 4.79 Å². The summed E-state index contributed by atoms with van der Waals surface area (Å²) in [5.74, 6) is 0.133. The molecule has 0 saturated heterocycles. The topological polar surface area (TPSA) is 29.1 Å². The number of rotatable bonds is 8. The van der Waals surface area contributed by atoms with Crippen molar-refractivity contribution in [2.45, 2.75) is 19.8 Å². The largest absolute Gasteiger partial charge is 0.353 e. The van der Waals surface area contributed by atoms with Crippen LogP contribution in [0.15, 0.2) is 91.0 Å². The fraction of sp³-hybridized carbons (Fsp3) is 0.208. The Hall–Kier alpha value is -2.44. The smallest absolute Gasteiger partial charge is 0.258 e. The van der Waals surface area contributed by atoms with Gasteiger partial charge >= 0.3 is 0 Å². The van der Waals surface area contributed by atoms with Crippen LogP contribution in [0.4, 0.5) is 0 Å². The normalized spacial score (nSPS) is 11.1. The van der Waals surface area contributed by atoms with Gasteiger partial charge in [-0.2, -0.15) is 0 Å². The van der Waals surface area contributed by atoms with Gasteiger partial charge in [0.05, 0.1) is 0 Å². The van der Waals surface area contributed by atoms with E-state index in [2.05, 4.69) is 85.0 Å². The molecule has 3 aromatic carbocycles. The van der Waals surface area contributed by atoms with Crippen molar-refractivity contribution in [1.29, 1.82) is 0 Å². The van der Waals surface area contributed by atoms with Crippen LogP contribution in [-0.4, -0.2) is 18.6 Å². The Balaban J connectivity index is 2.12. The summed E-state index contributed by atoms with van der Waals surface area (Å²) in [6.45, 7) is 2.88. The highest BCUT2D eigenvalue weighted by atomic mass is 31.2. The van der Waals surface area contributed by atoms with E-state index in [-0.39, 0.29) is 5.91 Å². The van der Waals surface area contributed by atoms with Gasteiger partial charge in [-0.25, -0.2) is 0 Å². The first-order valence-electron chi connectivity index (χ1n) is 9.59. The lowest BCUT2D eigenvalue weighted by atomic mass is 10.3. The predicted octanol–water partition coefficient (Wildman–Crippen LogP) is 3.90. The van der Waals surface area contributed by atoms with E-state index in [0.717, 1.165) is 19.4 Å². The Bertz CT molecular complexity index is 737. The van der Waals surface area contributed by atoms with E-state index in [1.165, 1.54) is 15.9 Å². The molecular formula is C24H27NOP+. The number of hydrogen-bond acceptors (Lipinski definition) is 1. The van der Waals surface area contributed by atoms with Crippen molar-refractivity contribution in [2.24, 2.45) is 0 Å². The minimum absolute atomic E-state index is 0.133. The van der Waals surface area contributed by atoms with E-state index in [4.69, 9.17) is 0 Å². The molecule has 0 aliphatic heterocycles. The summed E-state index contributed by atoms with van der Waals surface area (Å²) in [4.78, 5) is 13.0. The highest BCUT2D eigenvalue weighted by molar-refractivity contribution is 7.96. The molecule has 3 heteroatoms. The molecular weight excluding hydrogens is 349 g/mol. The zero-order chi connectivity index (χ0) is 19.0. The van der Waals surface area contributed by atoms with E-state index in [0.29, 0.717) is 6.16 Å². The molecule has 0 radical (unpaired) electrons. The summed E-state index contributed by atoms with van der Waals surface area (Å²) in [6.07, 6.45) is 2.59. The van der Waals surface area contributed by atoms with Crippen LogP contribution in [-0.2, 0) is 4.79 Å². The van der Waals surface area contributed by atoms with Crippen LogP contribution in [0.25, 0.3) is 0 Å². The van der Waals surface area contributed by atoms with Crippen LogP contribution >= 0.6 is 7.26 Å². The first-order valence-corrected chi connectivity index (χ1v) is 11.6. The maximum absolute atomic E-state index is 13.0. The third-order valence-corrected chi connectivity index (χ3v) is 9.12. The Morgan fingerprint density at radius 3 is 1.52 bits per heavy atom.